The lowest BCUT2D eigenvalue weighted by molar-refractivity contribution is 0.0947. The third-order valence-corrected chi connectivity index (χ3v) is 5.62. The molecule has 2 aromatic rings. The van der Waals surface area contributed by atoms with E-state index in [-0.39, 0.29) is 5.91 Å². The van der Waals surface area contributed by atoms with Gasteiger partial charge in [-0.25, -0.2) is 4.98 Å². The third-order valence-electron chi connectivity index (χ3n) is 5.62. The Morgan fingerprint density at radius 2 is 2.07 bits per heavy atom. The lowest BCUT2D eigenvalue weighted by Gasteiger charge is -2.35. The molecule has 5 heteroatoms. The number of likely N-dealkylation sites (tertiary alicyclic amines) is 1. The third kappa shape index (κ3) is 5.42. The first-order chi connectivity index (χ1) is 13.2. The van der Waals surface area contributed by atoms with Crippen LogP contribution in [0.5, 0.6) is 0 Å². The summed E-state index contributed by atoms with van der Waals surface area (Å²) in [4.78, 5) is 19.2. The Balaban J connectivity index is 1.42. The van der Waals surface area contributed by atoms with E-state index >= 15 is 0 Å². The minimum Gasteiger partial charge on any atom is -0.352 e. The van der Waals surface area contributed by atoms with Crippen LogP contribution in [0.1, 0.15) is 60.8 Å². The Labute approximate surface area is 162 Å². The quantitative estimate of drug-likeness (QED) is 0.724. The molecule has 1 fully saturated rings. The highest BCUT2D eigenvalue weighted by Gasteiger charge is 2.19. The molecule has 1 aliphatic rings. The molecule has 0 unspecified atom stereocenters. The number of rotatable bonds is 8. The molecule has 1 N–H and O–H groups in total. The Morgan fingerprint density at radius 1 is 1.26 bits per heavy atom. The number of piperidine rings is 1. The van der Waals surface area contributed by atoms with Crippen molar-refractivity contribution in [2.24, 2.45) is 0 Å². The monoisotopic (exact) mass is 368 g/mol. The minimum atomic E-state index is 0.0195. The molecule has 1 aliphatic heterocycles. The van der Waals surface area contributed by atoms with Gasteiger partial charge in [-0.05, 0) is 56.8 Å². The topological polar surface area (TPSA) is 50.2 Å². The van der Waals surface area contributed by atoms with Crippen LogP contribution in [-0.4, -0.2) is 46.0 Å². The van der Waals surface area contributed by atoms with Crippen LogP contribution in [0.25, 0.3) is 0 Å². The van der Waals surface area contributed by atoms with Crippen molar-refractivity contribution in [3.05, 3.63) is 53.6 Å². The van der Waals surface area contributed by atoms with Gasteiger partial charge in [-0.3, -0.25) is 4.79 Å². The summed E-state index contributed by atoms with van der Waals surface area (Å²) in [6.07, 6.45) is 10.0. The molecular formula is C22H32N4O. The number of carbonyl (C=O) groups excluding carboxylic acids is 1. The Bertz CT molecular complexity index is 722. The van der Waals surface area contributed by atoms with Crippen molar-refractivity contribution < 1.29 is 4.79 Å². The van der Waals surface area contributed by atoms with E-state index in [1.807, 2.05) is 43.6 Å². The summed E-state index contributed by atoms with van der Waals surface area (Å²) in [5, 5.41) is 3.06. The largest absolute Gasteiger partial charge is 0.352 e. The van der Waals surface area contributed by atoms with Crippen molar-refractivity contribution in [1.82, 2.24) is 19.8 Å². The first-order valence-electron chi connectivity index (χ1n) is 10.3. The molecule has 0 aliphatic carbocycles. The van der Waals surface area contributed by atoms with Crippen LogP contribution < -0.4 is 5.32 Å². The lowest BCUT2D eigenvalue weighted by Crippen LogP contribution is -2.40. The summed E-state index contributed by atoms with van der Waals surface area (Å²) >= 11 is 0. The van der Waals surface area contributed by atoms with Crippen LogP contribution in [-0.2, 0) is 6.54 Å². The van der Waals surface area contributed by atoms with Gasteiger partial charge < -0.3 is 14.8 Å². The minimum absolute atomic E-state index is 0.0195. The average molecular weight is 369 g/mol. The van der Waals surface area contributed by atoms with Crippen LogP contribution in [0.15, 0.2) is 36.7 Å². The van der Waals surface area contributed by atoms with Gasteiger partial charge in [0, 0.05) is 43.6 Å². The number of hydrogen-bond acceptors (Lipinski definition) is 3. The zero-order chi connectivity index (χ0) is 19.1. The van der Waals surface area contributed by atoms with E-state index in [9.17, 15) is 4.79 Å². The average Bonchev–Trinajstić information content (AvgIpc) is 3.10. The molecule has 1 atom stereocenters. The van der Waals surface area contributed by atoms with Crippen LogP contribution >= 0.6 is 0 Å². The number of aromatic nitrogens is 2. The first kappa shape index (κ1) is 19.6. The molecule has 146 valence electrons. The van der Waals surface area contributed by atoms with E-state index in [1.54, 1.807) is 0 Å². The molecule has 2 heterocycles. The number of imidazole rings is 1. The first-order valence-corrected chi connectivity index (χ1v) is 10.3. The molecule has 1 aromatic carbocycles. The molecule has 5 nitrogen and oxygen atoms in total. The fraction of sp³-hybridized carbons (Fsp3) is 0.545. The molecule has 27 heavy (non-hydrogen) atoms. The summed E-state index contributed by atoms with van der Waals surface area (Å²) in [5.41, 5.74) is 1.90. The second-order valence-electron chi connectivity index (χ2n) is 7.50. The van der Waals surface area contributed by atoms with E-state index in [4.69, 9.17) is 0 Å². The maximum absolute atomic E-state index is 12.4. The van der Waals surface area contributed by atoms with Gasteiger partial charge in [0.15, 0.2) is 0 Å². The summed E-state index contributed by atoms with van der Waals surface area (Å²) < 4.78 is 2.10. The van der Waals surface area contributed by atoms with Gasteiger partial charge in [0.25, 0.3) is 5.91 Å². The van der Waals surface area contributed by atoms with Crippen LogP contribution in [0.2, 0.25) is 0 Å². The predicted molar refractivity (Wildman–Crippen MR) is 109 cm³/mol. The highest BCUT2D eigenvalue weighted by molar-refractivity contribution is 5.94. The number of aryl methyl sites for hydroxylation is 1. The number of hydrogen-bond donors (Lipinski definition) is 1. The number of nitrogens with zero attached hydrogens (tertiary/aromatic N) is 3. The van der Waals surface area contributed by atoms with Gasteiger partial charge in [0.05, 0.1) is 0 Å². The SMILES string of the molecule is CC[C@H]1CCCCN1CCCNC(=O)c1ccc(Cn2ccnc2C)cc1. The molecule has 0 saturated carbocycles. The van der Waals surface area contributed by atoms with Crippen molar-refractivity contribution in [2.75, 3.05) is 19.6 Å². The van der Waals surface area contributed by atoms with Crippen LogP contribution in [0, 0.1) is 6.92 Å². The van der Waals surface area contributed by atoms with Gasteiger partial charge in [-0.15, -0.1) is 0 Å². The molecule has 1 amide bonds. The number of amides is 1. The van der Waals surface area contributed by atoms with E-state index < -0.39 is 0 Å². The van der Waals surface area contributed by atoms with Crippen molar-refractivity contribution in [3.63, 3.8) is 0 Å². The van der Waals surface area contributed by atoms with Gasteiger partial charge in [-0.1, -0.05) is 25.5 Å². The molecule has 0 radical (unpaired) electrons. The second-order valence-corrected chi connectivity index (χ2v) is 7.50. The molecule has 0 bridgehead atoms. The lowest BCUT2D eigenvalue weighted by atomic mass is 10.00. The summed E-state index contributed by atoms with van der Waals surface area (Å²) in [5.74, 6) is 1.02. The Morgan fingerprint density at radius 3 is 2.78 bits per heavy atom. The summed E-state index contributed by atoms with van der Waals surface area (Å²) in [6.45, 7) is 8.09. The van der Waals surface area contributed by atoms with Crippen LogP contribution in [0.3, 0.4) is 0 Å². The number of carbonyl (C=O) groups is 1. The second kappa shape index (κ2) is 9.70. The highest BCUT2D eigenvalue weighted by Crippen LogP contribution is 2.19. The Kier molecular flexibility index (Phi) is 7.04. The molecular weight excluding hydrogens is 336 g/mol. The fourth-order valence-corrected chi connectivity index (χ4v) is 3.93. The smallest absolute Gasteiger partial charge is 0.251 e. The zero-order valence-corrected chi connectivity index (χ0v) is 16.7. The summed E-state index contributed by atoms with van der Waals surface area (Å²) in [7, 11) is 0. The van der Waals surface area contributed by atoms with E-state index in [2.05, 4.69) is 26.7 Å². The Hall–Kier alpha value is -2.14. The number of nitrogens with one attached hydrogen (secondary N) is 1. The maximum atomic E-state index is 12.4. The van der Waals surface area contributed by atoms with E-state index in [0.717, 1.165) is 43.5 Å². The molecule has 0 spiro atoms. The van der Waals surface area contributed by atoms with Gasteiger partial charge in [0.1, 0.15) is 5.82 Å². The van der Waals surface area contributed by atoms with Crippen LogP contribution in [0.4, 0.5) is 0 Å². The van der Waals surface area contributed by atoms with Crippen molar-refractivity contribution in [1.29, 1.82) is 0 Å². The summed E-state index contributed by atoms with van der Waals surface area (Å²) in [6, 6.07) is 8.60. The maximum Gasteiger partial charge on any atom is 0.251 e. The zero-order valence-electron chi connectivity index (χ0n) is 16.7. The normalized spacial score (nSPS) is 17.8. The van der Waals surface area contributed by atoms with Crippen molar-refractivity contribution in [3.8, 4) is 0 Å². The van der Waals surface area contributed by atoms with Gasteiger partial charge in [0.2, 0.25) is 0 Å². The van der Waals surface area contributed by atoms with E-state index in [1.165, 1.54) is 37.8 Å². The van der Waals surface area contributed by atoms with Crippen molar-refractivity contribution >= 4 is 5.91 Å². The molecule has 1 aromatic heterocycles. The van der Waals surface area contributed by atoms with Crippen molar-refractivity contribution in [2.45, 2.75) is 58.5 Å². The van der Waals surface area contributed by atoms with E-state index in [0.29, 0.717) is 0 Å². The fourth-order valence-electron chi connectivity index (χ4n) is 3.93. The highest BCUT2D eigenvalue weighted by atomic mass is 16.1. The number of benzene rings is 1. The van der Waals surface area contributed by atoms with Gasteiger partial charge in [-0.2, -0.15) is 0 Å². The standard InChI is InChI=1S/C22H32N4O/c1-3-21-7-4-5-14-25(21)15-6-12-24-22(27)20-10-8-19(9-11-20)17-26-16-13-23-18(26)2/h8-11,13,16,21H,3-7,12,14-15,17H2,1-2H3,(H,24,27)/t21-/m0/s1. The molecule has 3 rings (SSSR count). The predicted octanol–water partition coefficient (Wildman–Crippen LogP) is 3.62. The molecule has 1 saturated heterocycles. The van der Waals surface area contributed by atoms with Gasteiger partial charge >= 0.3 is 0 Å².